The van der Waals surface area contributed by atoms with Gasteiger partial charge in [-0.05, 0) is 22.1 Å². The fourth-order valence-corrected chi connectivity index (χ4v) is 2.77. The molecule has 108 valence electrons. The molecule has 0 amide bonds. The highest BCUT2D eigenvalue weighted by atomic mass is 32.2. The lowest BCUT2D eigenvalue weighted by Gasteiger charge is -2.08. The minimum atomic E-state index is -0.170. The molecule has 0 aliphatic carbocycles. The van der Waals surface area contributed by atoms with Gasteiger partial charge in [0, 0.05) is 5.75 Å². The van der Waals surface area contributed by atoms with Crippen molar-refractivity contribution in [2.75, 3.05) is 12.9 Å². The number of benzene rings is 2. The third-order valence-electron chi connectivity index (χ3n) is 3.02. The zero-order valence-corrected chi connectivity index (χ0v) is 12.8. The molecule has 2 aromatic rings. The molecular weight excluding hydrogens is 280 g/mol. The second kappa shape index (κ2) is 8.32. The van der Waals surface area contributed by atoms with E-state index in [2.05, 4.69) is 34.4 Å². The standard InChI is InChI=1S/C18H18O2S/c1-20-18(19)12-13-21-14-17(15-8-4-2-5-9-15)16-10-6-3-7-11-16/h2-11,14H,12-13H2,1H3. The van der Waals surface area contributed by atoms with E-state index in [0.717, 1.165) is 5.75 Å². The van der Waals surface area contributed by atoms with Crippen LogP contribution in [-0.4, -0.2) is 18.8 Å². The topological polar surface area (TPSA) is 26.3 Å². The van der Waals surface area contributed by atoms with Crippen LogP contribution in [0.4, 0.5) is 0 Å². The van der Waals surface area contributed by atoms with Crippen molar-refractivity contribution in [3.63, 3.8) is 0 Å². The van der Waals surface area contributed by atoms with Gasteiger partial charge in [0.05, 0.1) is 13.5 Å². The first-order valence-corrected chi connectivity index (χ1v) is 7.85. The first-order valence-electron chi connectivity index (χ1n) is 6.80. The fraction of sp³-hybridized carbons (Fsp3) is 0.167. The number of carbonyl (C=O) groups excluding carboxylic acids is 1. The van der Waals surface area contributed by atoms with Gasteiger partial charge in [-0.1, -0.05) is 60.7 Å². The van der Waals surface area contributed by atoms with E-state index in [1.807, 2.05) is 36.4 Å². The van der Waals surface area contributed by atoms with Crippen LogP contribution in [0.1, 0.15) is 17.5 Å². The van der Waals surface area contributed by atoms with Gasteiger partial charge in [-0.3, -0.25) is 4.79 Å². The number of methoxy groups -OCH3 is 1. The third-order valence-corrected chi connectivity index (χ3v) is 3.86. The van der Waals surface area contributed by atoms with Gasteiger partial charge < -0.3 is 4.74 Å². The number of ether oxygens (including phenoxy) is 1. The summed E-state index contributed by atoms with van der Waals surface area (Å²) in [6, 6.07) is 20.5. The predicted molar refractivity (Wildman–Crippen MR) is 89.1 cm³/mol. The number of hydrogen-bond acceptors (Lipinski definition) is 3. The van der Waals surface area contributed by atoms with Crippen LogP contribution in [0.15, 0.2) is 66.1 Å². The van der Waals surface area contributed by atoms with Crippen molar-refractivity contribution in [3.8, 4) is 0 Å². The molecule has 21 heavy (non-hydrogen) atoms. The summed E-state index contributed by atoms with van der Waals surface area (Å²) in [6.07, 6.45) is 0.425. The lowest BCUT2D eigenvalue weighted by Crippen LogP contribution is -2.00. The third kappa shape index (κ3) is 4.80. The number of hydrogen-bond donors (Lipinski definition) is 0. The second-order valence-corrected chi connectivity index (χ2v) is 5.44. The first kappa shape index (κ1) is 15.4. The molecule has 2 nitrogen and oxygen atoms in total. The summed E-state index contributed by atoms with van der Waals surface area (Å²) in [5, 5.41) is 2.12. The first-order chi connectivity index (χ1) is 10.3. The Morgan fingerprint density at radius 2 is 1.52 bits per heavy atom. The van der Waals surface area contributed by atoms with Gasteiger partial charge in [-0.25, -0.2) is 0 Å². The number of esters is 1. The van der Waals surface area contributed by atoms with E-state index in [1.54, 1.807) is 11.8 Å². The minimum absolute atomic E-state index is 0.170. The maximum Gasteiger partial charge on any atom is 0.306 e. The molecule has 0 N–H and O–H groups in total. The molecule has 0 unspecified atom stereocenters. The Balaban J connectivity index is 2.15. The molecule has 0 radical (unpaired) electrons. The van der Waals surface area contributed by atoms with Crippen molar-refractivity contribution in [2.45, 2.75) is 6.42 Å². The molecule has 0 atom stereocenters. The van der Waals surface area contributed by atoms with Crippen LogP contribution in [0, 0.1) is 0 Å². The van der Waals surface area contributed by atoms with Crippen molar-refractivity contribution in [1.82, 2.24) is 0 Å². The van der Waals surface area contributed by atoms with E-state index in [0.29, 0.717) is 6.42 Å². The molecule has 0 fully saturated rings. The fourth-order valence-electron chi connectivity index (χ4n) is 1.92. The van der Waals surface area contributed by atoms with E-state index >= 15 is 0 Å². The van der Waals surface area contributed by atoms with Gasteiger partial charge in [0.15, 0.2) is 0 Å². The Hall–Kier alpha value is -2.00. The van der Waals surface area contributed by atoms with Crippen molar-refractivity contribution in [1.29, 1.82) is 0 Å². The molecule has 0 bridgehead atoms. The summed E-state index contributed by atoms with van der Waals surface area (Å²) in [6.45, 7) is 0. The summed E-state index contributed by atoms with van der Waals surface area (Å²) in [5.41, 5.74) is 3.52. The molecule has 0 saturated heterocycles. The van der Waals surface area contributed by atoms with Crippen molar-refractivity contribution in [2.24, 2.45) is 0 Å². The summed E-state index contributed by atoms with van der Waals surface area (Å²) in [7, 11) is 1.42. The van der Waals surface area contributed by atoms with E-state index < -0.39 is 0 Å². The van der Waals surface area contributed by atoms with E-state index in [4.69, 9.17) is 0 Å². The minimum Gasteiger partial charge on any atom is -0.469 e. The number of carbonyl (C=O) groups is 1. The predicted octanol–water partition coefficient (Wildman–Crippen LogP) is 4.37. The molecule has 0 spiro atoms. The smallest absolute Gasteiger partial charge is 0.306 e. The molecule has 3 heteroatoms. The van der Waals surface area contributed by atoms with Gasteiger partial charge in [-0.2, -0.15) is 0 Å². The van der Waals surface area contributed by atoms with Crippen molar-refractivity contribution >= 4 is 23.3 Å². The van der Waals surface area contributed by atoms with Crippen LogP contribution in [-0.2, 0) is 9.53 Å². The van der Waals surface area contributed by atoms with Crippen molar-refractivity contribution < 1.29 is 9.53 Å². The maximum absolute atomic E-state index is 11.1. The van der Waals surface area contributed by atoms with Gasteiger partial charge in [-0.15, -0.1) is 11.8 Å². The number of thioether (sulfide) groups is 1. The SMILES string of the molecule is COC(=O)CCSC=C(c1ccccc1)c1ccccc1. The lowest BCUT2D eigenvalue weighted by atomic mass is 10.00. The van der Waals surface area contributed by atoms with Gasteiger partial charge in [0.1, 0.15) is 0 Å². The molecule has 0 aromatic heterocycles. The van der Waals surface area contributed by atoms with Crippen LogP contribution in [0.2, 0.25) is 0 Å². The van der Waals surface area contributed by atoms with E-state index in [-0.39, 0.29) is 5.97 Å². The number of rotatable bonds is 6. The molecule has 0 saturated carbocycles. The Labute approximate surface area is 129 Å². The Morgan fingerprint density at radius 1 is 1.00 bits per heavy atom. The van der Waals surface area contributed by atoms with Gasteiger partial charge in [0.25, 0.3) is 0 Å². The zero-order valence-electron chi connectivity index (χ0n) is 12.0. The molecule has 2 aromatic carbocycles. The Kier molecular flexibility index (Phi) is 6.10. The van der Waals surface area contributed by atoms with Crippen LogP contribution in [0.5, 0.6) is 0 Å². The molecular formula is C18H18O2S. The van der Waals surface area contributed by atoms with Crippen LogP contribution in [0.3, 0.4) is 0 Å². The molecule has 0 aliphatic rings. The second-order valence-electron chi connectivity index (χ2n) is 4.46. The monoisotopic (exact) mass is 298 g/mol. The van der Waals surface area contributed by atoms with Crippen molar-refractivity contribution in [3.05, 3.63) is 77.2 Å². The van der Waals surface area contributed by atoms with Crippen LogP contribution < -0.4 is 0 Å². The summed E-state index contributed by atoms with van der Waals surface area (Å²) < 4.78 is 4.65. The average Bonchev–Trinajstić information content (AvgIpc) is 2.56. The highest BCUT2D eigenvalue weighted by Gasteiger charge is 2.05. The Morgan fingerprint density at radius 3 is 2.00 bits per heavy atom. The zero-order chi connectivity index (χ0) is 14.9. The molecule has 0 aliphatic heterocycles. The summed E-state index contributed by atoms with van der Waals surface area (Å²) in [5.74, 6) is 0.549. The van der Waals surface area contributed by atoms with Gasteiger partial charge in [0.2, 0.25) is 0 Å². The Bertz CT molecular complexity index is 550. The van der Waals surface area contributed by atoms with Crippen LogP contribution >= 0.6 is 11.8 Å². The quantitative estimate of drug-likeness (QED) is 0.585. The highest BCUT2D eigenvalue weighted by Crippen LogP contribution is 2.26. The largest absolute Gasteiger partial charge is 0.469 e. The summed E-state index contributed by atoms with van der Waals surface area (Å²) in [4.78, 5) is 11.1. The van der Waals surface area contributed by atoms with Crippen LogP contribution in [0.25, 0.3) is 5.57 Å². The highest BCUT2D eigenvalue weighted by molar-refractivity contribution is 8.02. The normalized spacial score (nSPS) is 9.95. The molecule has 0 heterocycles. The average molecular weight is 298 g/mol. The lowest BCUT2D eigenvalue weighted by molar-refractivity contribution is -0.140. The van der Waals surface area contributed by atoms with Gasteiger partial charge >= 0.3 is 5.97 Å². The van der Waals surface area contributed by atoms with E-state index in [1.165, 1.54) is 23.8 Å². The summed E-state index contributed by atoms with van der Waals surface area (Å²) >= 11 is 1.63. The molecule has 2 rings (SSSR count). The maximum atomic E-state index is 11.1. The van der Waals surface area contributed by atoms with E-state index in [9.17, 15) is 4.79 Å².